The van der Waals surface area contributed by atoms with E-state index in [0.29, 0.717) is 15.8 Å². The minimum absolute atomic E-state index is 0.0209. The van der Waals surface area contributed by atoms with Crippen LogP contribution in [0.15, 0.2) is 46.9 Å². The normalized spacial score (nSPS) is 12.2. The van der Waals surface area contributed by atoms with Crippen molar-refractivity contribution in [2.75, 3.05) is 24.4 Å². The van der Waals surface area contributed by atoms with E-state index in [2.05, 4.69) is 10.3 Å². The van der Waals surface area contributed by atoms with Gasteiger partial charge in [-0.25, -0.2) is 13.4 Å². The van der Waals surface area contributed by atoms with Crippen LogP contribution in [0.5, 0.6) is 11.5 Å². The predicted octanol–water partition coefficient (Wildman–Crippen LogP) is 2.98. The van der Waals surface area contributed by atoms with Crippen molar-refractivity contribution in [1.82, 2.24) is 4.98 Å². The molecule has 13 heteroatoms. The number of thiazole rings is 1. The molecule has 0 aliphatic carbocycles. The third kappa shape index (κ3) is 6.31. The number of nitrogens with zero attached hydrogens (tertiary/aromatic N) is 2. The van der Waals surface area contributed by atoms with Crippen LogP contribution in [0.25, 0.3) is 16.3 Å². The fraction of sp³-hybridized carbons (Fsp3) is 0.190. The first kappa shape index (κ1) is 25.2. The van der Waals surface area contributed by atoms with Gasteiger partial charge in [0.25, 0.3) is 5.91 Å². The highest BCUT2D eigenvalue weighted by Gasteiger charge is 2.16. The zero-order valence-electron chi connectivity index (χ0n) is 18.2. The number of benzene rings is 2. The average molecular weight is 522 g/mol. The second-order valence-corrected chi connectivity index (χ2v) is 11.6. The lowest BCUT2D eigenvalue weighted by Crippen LogP contribution is -2.13. The highest BCUT2D eigenvalue weighted by atomic mass is 32.2. The van der Waals surface area contributed by atoms with Gasteiger partial charge >= 0.3 is 10.1 Å². The Morgan fingerprint density at radius 1 is 1.15 bits per heavy atom. The van der Waals surface area contributed by atoms with Crippen molar-refractivity contribution >= 4 is 58.6 Å². The Balaban J connectivity index is 1.87. The smallest absolute Gasteiger partial charge is 0.306 e. The molecule has 10 nitrogen and oxygen atoms in total. The van der Waals surface area contributed by atoms with Crippen LogP contribution < -0.4 is 14.2 Å². The second-order valence-electron chi connectivity index (χ2n) is 6.97. The Morgan fingerprint density at radius 2 is 1.88 bits per heavy atom. The topological polar surface area (TPSA) is 153 Å². The predicted molar refractivity (Wildman–Crippen MR) is 128 cm³/mol. The van der Waals surface area contributed by atoms with E-state index in [1.54, 1.807) is 6.92 Å². The molecule has 3 aromatic rings. The van der Waals surface area contributed by atoms with Gasteiger partial charge in [-0.2, -0.15) is 13.7 Å². The van der Waals surface area contributed by atoms with Crippen LogP contribution in [0, 0.1) is 11.3 Å². The highest BCUT2D eigenvalue weighted by Crippen LogP contribution is 2.31. The Morgan fingerprint density at radius 3 is 2.50 bits per heavy atom. The molecule has 1 amide bonds. The second kappa shape index (κ2) is 9.80. The van der Waals surface area contributed by atoms with Crippen LogP contribution in [0.1, 0.15) is 12.5 Å². The third-order valence-corrected chi connectivity index (χ3v) is 6.72. The van der Waals surface area contributed by atoms with E-state index in [-0.39, 0.29) is 33.7 Å². The molecule has 0 aliphatic heterocycles. The number of rotatable bonds is 8. The molecule has 0 bridgehead atoms. The summed E-state index contributed by atoms with van der Waals surface area (Å²) in [5.74, 6) is -0.612. The molecule has 0 fully saturated rings. The highest BCUT2D eigenvalue weighted by molar-refractivity contribution is 7.90. The number of aromatic nitrogens is 1. The van der Waals surface area contributed by atoms with Gasteiger partial charge in [-0.05, 0) is 48.9 Å². The number of carbonyl (C=O) groups excluding carboxylic acids is 1. The largest absolute Gasteiger partial charge is 0.490 e. The fourth-order valence-electron chi connectivity index (χ4n) is 2.78. The van der Waals surface area contributed by atoms with E-state index in [4.69, 9.17) is 8.92 Å². The zero-order valence-corrected chi connectivity index (χ0v) is 20.7. The third-order valence-electron chi connectivity index (χ3n) is 4.19. The van der Waals surface area contributed by atoms with Crippen molar-refractivity contribution in [3.05, 3.63) is 47.5 Å². The average Bonchev–Trinajstić information content (AvgIpc) is 3.13. The summed E-state index contributed by atoms with van der Waals surface area (Å²) in [5.41, 5.74) is 0.659. The van der Waals surface area contributed by atoms with Gasteiger partial charge in [0.15, 0.2) is 26.5 Å². The molecule has 1 aromatic heterocycles. The van der Waals surface area contributed by atoms with E-state index < -0.39 is 25.9 Å². The molecule has 178 valence electrons. The van der Waals surface area contributed by atoms with Gasteiger partial charge in [-0.15, -0.1) is 0 Å². The summed E-state index contributed by atoms with van der Waals surface area (Å²) >= 11 is 1.07. The van der Waals surface area contributed by atoms with Crippen molar-refractivity contribution in [3.8, 4) is 17.6 Å². The molecule has 3 rings (SSSR count). The Hall–Kier alpha value is -3.47. The molecule has 0 radical (unpaired) electrons. The molecule has 1 N–H and O–H groups in total. The van der Waals surface area contributed by atoms with Gasteiger partial charge in [0.05, 0.1) is 28.0 Å². The molecule has 1 heterocycles. The first-order valence-electron chi connectivity index (χ1n) is 9.59. The zero-order chi connectivity index (χ0) is 25.1. The SMILES string of the molecule is CCOc1cc(/C=C(\C#N)C(=O)Nc2nc3ccc(S(C)(=O)=O)cc3s2)ccc1OS(C)(=O)=O. The molecule has 0 saturated carbocycles. The Labute approximate surface area is 200 Å². The molecule has 0 atom stereocenters. The first-order valence-corrected chi connectivity index (χ1v) is 14.1. The van der Waals surface area contributed by atoms with Gasteiger partial charge in [0.2, 0.25) is 0 Å². The van der Waals surface area contributed by atoms with Crippen LogP contribution in [-0.2, 0) is 24.7 Å². The fourth-order valence-corrected chi connectivity index (χ4v) is 4.87. The van der Waals surface area contributed by atoms with Gasteiger partial charge < -0.3 is 8.92 Å². The minimum Gasteiger partial charge on any atom is -0.490 e. The molecule has 0 unspecified atom stereocenters. The number of nitriles is 1. The molecule has 0 spiro atoms. The molecular weight excluding hydrogens is 502 g/mol. The number of ether oxygens (including phenoxy) is 1. The lowest BCUT2D eigenvalue weighted by atomic mass is 10.1. The van der Waals surface area contributed by atoms with Crippen molar-refractivity contribution in [1.29, 1.82) is 5.26 Å². The van der Waals surface area contributed by atoms with Crippen molar-refractivity contribution in [2.45, 2.75) is 11.8 Å². The van der Waals surface area contributed by atoms with Crippen molar-refractivity contribution in [3.63, 3.8) is 0 Å². The molecule has 0 aliphatic rings. The van der Waals surface area contributed by atoms with E-state index in [0.717, 1.165) is 23.8 Å². The van der Waals surface area contributed by atoms with Crippen LogP contribution in [-0.4, -0.2) is 46.8 Å². The Bertz CT molecular complexity index is 1550. The van der Waals surface area contributed by atoms with Gasteiger partial charge in [-0.3, -0.25) is 10.1 Å². The number of anilines is 1. The van der Waals surface area contributed by atoms with Crippen LogP contribution in [0.2, 0.25) is 0 Å². The number of fused-ring (bicyclic) bond motifs is 1. The summed E-state index contributed by atoms with van der Waals surface area (Å²) in [6.07, 6.45) is 3.30. The first-order chi connectivity index (χ1) is 15.9. The van der Waals surface area contributed by atoms with E-state index in [1.165, 1.54) is 42.5 Å². The summed E-state index contributed by atoms with van der Waals surface area (Å²) in [5, 5.41) is 12.2. The van der Waals surface area contributed by atoms with Crippen LogP contribution >= 0.6 is 11.3 Å². The summed E-state index contributed by atoms with van der Waals surface area (Å²) in [7, 11) is -7.17. The maximum absolute atomic E-state index is 12.6. The number of amides is 1. The maximum Gasteiger partial charge on any atom is 0.306 e. The monoisotopic (exact) mass is 521 g/mol. The van der Waals surface area contributed by atoms with Crippen LogP contribution in [0.4, 0.5) is 5.13 Å². The van der Waals surface area contributed by atoms with Gasteiger partial charge in [0.1, 0.15) is 11.6 Å². The van der Waals surface area contributed by atoms with Gasteiger partial charge in [0, 0.05) is 6.26 Å². The lowest BCUT2D eigenvalue weighted by molar-refractivity contribution is -0.112. The summed E-state index contributed by atoms with van der Waals surface area (Å²) in [4.78, 5) is 17.0. The number of hydrogen-bond donors (Lipinski definition) is 1. The summed E-state index contributed by atoms with van der Waals surface area (Å²) < 4.78 is 57.2. The van der Waals surface area contributed by atoms with E-state index in [9.17, 15) is 26.9 Å². The Kier molecular flexibility index (Phi) is 7.25. The van der Waals surface area contributed by atoms with Crippen LogP contribution in [0.3, 0.4) is 0 Å². The van der Waals surface area contributed by atoms with E-state index >= 15 is 0 Å². The van der Waals surface area contributed by atoms with Gasteiger partial charge in [-0.1, -0.05) is 17.4 Å². The minimum atomic E-state index is -3.78. The molecule has 0 saturated heterocycles. The van der Waals surface area contributed by atoms with Crippen molar-refractivity contribution < 1.29 is 30.6 Å². The number of nitrogens with one attached hydrogen (secondary N) is 1. The number of sulfone groups is 1. The maximum atomic E-state index is 12.6. The number of hydrogen-bond acceptors (Lipinski definition) is 10. The van der Waals surface area contributed by atoms with Crippen molar-refractivity contribution in [2.24, 2.45) is 0 Å². The number of carbonyl (C=O) groups is 1. The molecule has 34 heavy (non-hydrogen) atoms. The quantitative estimate of drug-likeness (QED) is 0.268. The lowest BCUT2D eigenvalue weighted by Gasteiger charge is -2.11. The summed E-state index contributed by atoms with van der Waals surface area (Å²) in [6.45, 7) is 1.94. The molecular formula is C21H19N3O7S3. The standard InChI is InChI=1S/C21H19N3O7S3/c1-4-30-18-10-13(5-8-17(18)31-34(3,28)29)9-14(12-22)20(25)24-21-23-16-7-6-15(33(2,26)27)11-19(16)32-21/h5-11H,4H2,1-3H3,(H,23,24,25)/b14-9+. The summed E-state index contributed by atoms with van der Waals surface area (Å²) in [6, 6.07) is 10.5. The van der Waals surface area contributed by atoms with E-state index in [1.807, 2.05) is 6.07 Å². The molecule has 2 aromatic carbocycles.